The Morgan fingerprint density at radius 1 is 1.50 bits per heavy atom. The Bertz CT molecular complexity index is 894. The fourth-order valence-corrected chi connectivity index (χ4v) is 3.95. The van der Waals surface area contributed by atoms with Crippen molar-refractivity contribution in [2.24, 2.45) is 16.0 Å². The van der Waals surface area contributed by atoms with E-state index in [1.54, 1.807) is 23.1 Å². The SMILES string of the molecule is C=N/C(=C\C(=C)C)C(CC[C@H]1CCN(C(=O)OC(C)(C)C)C1)Nc1cccc(S(N)=O)n1. The van der Waals surface area contributed by atoms with Crippen molar-refractivity contribution in [1.29, 1.82) is 0 Å². The lowest BCUT2D eigenvalue weighted by molar-refractivity contribution is 0.0287. The number of allylic oxidation sites excluding steroid dienone is 2. The number of nitrogens with zero attached hydrogens (tertiary/aromatic N) is 3. The van der Waals surface area contributed by atoms with Crippen LogP contribution < -0.4 is 10.5 Å². The number of nitrogens with one attached hydrogen (secondary N) is 1. The highest BCUT2D eigenvalue weighted by Crippen LogP contribution is 2.26. The number of carbonyl (C=O) groups excluding carboxylic acids is 1. The Balaban J connectivity index is 2.08. The van der Waals surface area contributed by atoms with E-state index in [4.69, 9.17) is 9.88 Å². The quantitative estimate of drug-likeness (QED) is 0.426. The Hall–Kier alpha value is -2.52. The third-order valence-corrected chi connectivity index (χ3v) is 5.63. The summed E-state index contributed by atoms with van der Waals surface area (Å²) < 4.78 is 17.1. The molecule has 1 aliphatic rings. The largest absolute Gasteiger partial charge is 0.444 e. The molecule has 0 aliphatic carbocycles. The van der Waals surface area contributed by atoms with E-state index in [0.29, 0.717) is 29.9 Å². The van der Waals surface area contributed by atoms with Gasteiger partial charge >= 0.3 is 6.09 Å². The summed E-state index contributed by atoms with van der Waals surface area (Å²) >= 11 is 0. The topological polar surface area (TPSA) is 110 Å². The lowest BCUT2D eigenvalue weighted by Gasteiger charge is -2.25. The number of nitrogens with two attached hydrogens (primary N) is 1. The second-order valence-electron chi connectivity index (χ2n) is 9.09. The zero-order valence-electron chi connectivity index (χ0n) is 19.5. The van der Waals surface area contributed by atoms with Crippen LogP contribution >= 0.6 is 0 Å². The number of hydrogen-bond donors (Lipinski definition) is 2. The molecule has 1 aromatic rings. The van der Waals surface area contributed by atoms with Gasteiger partial charge in [-0.2, -0.15) is 0 Å². The molecule has 1 saturated heterocycles. The predicted octanol–water partition coefficient (Wildman–Crippen LogP) is 4.04. The molecular weight excluding hydrogens is 426 g/mol. The van der Waals surface area contributed by atoms with Gasteiger partial charge in [0, 0.05) is 13.1 Å². The summed E-state index contributed by atoms with van der Waals surface area (Å²) in [6, 6.07) is 5.00. The van der Waals surface area contributed by atoms with Crippen molar-refractivity contribution in [1.82, 2.24) is 9.88 Å². The average Bonchev–Trinajstić information content (AvgIpc) is 3.17. The minimum Gasteiger partial charge on any atom is -0.444 e. The third kappa shape index (κ3) is 8.20. The summed E-state index contributed by atoms with van der Waals surface area (Å²) in [5.74, 6) is 0.919. The van der Waals surface area contributed by atoms with Gasteiger partial charge in [0.1, 0.15) is 27.4 Å². The van der Waals surface area contributed by atoms with Gasteiger partial charge in [-0.25, -0.2) is 19.1 Å². The molecule has 2 unspecified atom stereocenters. The molecule has 32 heavy (non-hydrogen) atoms. The molecule has 0 spiro atoms. The first kappa shape index (κ1) is 25.7. The fraction of sp³-hybridized carbons (Fsp3) is 0.522. The molecule has 9 heteroatoms. The van der Waals surface area contributed by atoms with Gasteiger partial charge in [-0.1, -0.05) is 18.2 Å². The van der Waals surface area contributed by atoms with Crippen LogP contribution in [-0.4, -0.2) is 51.6 Å². The highest BCUT2D eigenvalue weighted by molar-refractivity contribution is 7.82. The minimum atomic E-state index is -1.66. The summed E-state index contributed by atoms with van der Waals surface area (Å²) in [7, 11) is -1.66. The predicted molar refractivity (Wildman–Crippen MR) is 130 cm³/mol. The molecule has 176 valence electrons. The molecule has 0 aromatic carbocycles. The number of pyridine rings is 1. The van der Waals surface area contributed by atoms with Crippen LogP contribution in [0, 0.1) is 5.92 Å². The first-order chi connectivity index (χ1) is 15.0. The molecule has 0 bridgehead atoms. The van der Waals surface area contributed by atoms with E-state index in [-0.39, 0.29) is 12.1 Å². The van der Waals surface area contributed by atoms with Crippen LogP contribution in [0.3, 0.4) is 0 Å². The summed E-state index contributed by atoms with van der Waals surface area (Å²) in [5, 5.41) is 9.14. The highest BCUT2D eigenvalue weighted by Gasteiger charge is 2.30. The van der Waals surface area contributed by atoms with E-state index in [2.05, 4.69) is 28.6 Å². The van der Waals surface area contributed by atoms with Crippen LogP contribution in [0.2, 0.25) is 0 Å². The normalized spacial score (nSPS) is 18.7. The van der Waals surface area contributed by atoms with Crippen molar-refractivity contribution in [2.45, 2.75) is 63.6 Å². The molecule has 8 nitrogen and oxygen atoms in total. The first-order valence-corrected chi connectivity index (χ1v) is 11.9. The van der Waals surface area contributed by atoms with E-state index in [1.165, 1.54) is 0 Å². The number of anilines is 1. The molecule has 1 aliphatic heterocycles. The van der Waals surface area contributed by atoms with Crippen molar-refractivity contribution in [2.75, 3.05) is 18.4 Å². The van der Waals surface area contributed by atoms with Gasteiger partial charge in [0.15, 0.2) is 0 Å². The van der Waals surface area contributed by atoms with E-state index >= 15 is 0 Å². The number of rotatable bonds is 9. The van der Waals surface area contributed by atoms with Crippen molar-refractivity contribution in [3.8, 4) is 0 Å². The van der Waals surface area contributed by atoms with Crippen molar-refractivity contribution >= 4 is 29.6 Å². The number of ether oxygens (including phenoxy) is 1. The summed E-state index contributed by atoms with van der Waals surface area (Å²) in [6.07, 6.45) is 4.18. The molecule has 0 radical (unpaired) electrons. The summed E-state index contributed by atoms with van der Waals surface area (Å²) in [4.78, 5) is 22.7. The lowest BCUT2D eigenvalue weighted by Crippen LogP contribution is -2.35. The van der Waals surface area contributed by atoms with Crippen LogP contribution in [0.5, 0.6) is 0 Å². The van der Waals surface area contributed by atoms with Gasteiger partial charge in [-0.15, -0.1) is 0 Å². The molecule has 3 atom stereocenters. The van der Waals surface area contributed by atoms with E-state index in [9.17, 15) is 9.00 Å². The average molecular weight is 462 g/mol. The fourth-order valence-electron chi connectivity index (χ4n) is 3.55. The van der Waals surface area contributed by atoms with Crippen LogP contribution in [0.15, 0.2) is 52.1 Å². The van der Waals surface area contributed by atoms with Gasteiger partial charge < -0.3 is 15.0 Å². The van der Waals surface area contributed by atoms with Crippen LogP contribution in [-0.2, 0) is 15.7 Å². The second kappa shape index (κ2) is 11.4. The molecule has 1 amide bonds. The lowest BCUT2D eigenvalue weighted by atomic mass is 9.97. The molecule has 3 N–H and O–H groups in total. The maximum absolute atomic E-state index is 12.4. The number of carbonyl (C=O) groups is 1. The summed E-state index contributed by atoms with van der Waals surface area (Å²) in [5.41, 5.74) is 1.11. The number of hydrogen-bond acceptors (Lipinski definition) is 6. The highest BCUT2D eigenvalue weighted by atomic mass is 32.2. The van der Waals surface area contributed by atoms with Gasteiger partial charge in [-0.3, -0.25) is 4.99 Å². The van der Waals surface area contributed by atoms with E-state index < -0.39 is 16.6 Å². The molecule has 0 saturated carbocycles. The Morgan fingerprint density at radius 3 is 2.81 bits per heavy atom. The number of aliphatic imine (C=N–C) groups is 1. The number of amides is 1. The van der Waals surface area contributed by atoms with Crippen LogP contribution in [0.4, 0.5) is 10.6 Å². The third-order valence-electron chi connectivity index (χ3n) is 4.99. The Labute approximate surface area is 193 Å². The van der Waals surface area contributed by atoms with E-state index in [1.807, 2.05) is 33.8 Å². The number of aromatic nitrogens is 1. The Kier molecular flexibility index (Phi) is 9.15. The molecule has 1 fully saturated rings. The van der Waals surface area contributed by atoms with Crippen molar-refractivity contribution < 1.29 is 13.7 Å². The molecular formula is C23H35N5O3S. The Morgan fingerprint density at radius 2 is 2.22 bits per heavy atom. The van der Waals surface area contributed by atoms with Gasteiger partial charge in [0.25, 0.3) is 0 Å². The van der Waals surface area contributed by atoms with E-state index in [0.717, 1.165) is 30.5 Å². The molecule has 2 rings (SSSR count). The van der Waals surface area contributed by atoms with Crippen molar-refractivity contribution in [3.63, 3.8) is 0 Å². The zero-order valence-corrected chi connectivity index (χ0v) is 20.3. The van der Waals surface area contributed by atoms with Gasteiger partial charge in [0.2, 0.25) is 0 Å². The standard InChI is InChI=1S/C23H35N5O3S/c1-16(2)14-19(25-6)18(26-20-8-7-9-21(27-20)32(24)30)11-10-17-12-13-28(15-17)22(29)31-23(3,4)5/h7-9,14,17-18H,1,6,10-13,15,24H2,2-5H3,(H,26,27)/b19-14-/t17-,18?,32?/m0/s1. The van der Waals surface area contributed by atoms with Gasteiger partial charge in [-0.05, 0) is 77.8 Å². The minimum absolute atomic E-state index is 0.172. The second-order valence-corrected chi connectivity index (χ2v) is 10.1. The summed E-state index contributed by atoms with van der Waals surface area (Å²) in [6.45, 7) is 16.5. The van der Waals surface area contributed by atoms with Crippen LogP contribution in [0.25, 0.3) is 0 Å². The number of likely N-dealkylation sites (tertiary alicyclic amines) is 1. The monoisotopic (exact) mass is 461 g/mol. The first-order valence-electron chi connectivity index (χ1n) is 10.7. The molecule has 2 heterocycles. The molecule has 1 aromatic heterocycles. The van der Waals surface area contributed by atoms with Gasteiger partial charge in [0.05, 0.1) is 11.7 Å². The maximum Gasteiger partial charge on any atom is 0.410 e. The van der Waals surface area contributed by atoms with Crippen LogP contribution in [0.1, 0.15) is 47.0 Å². The zero-order chi connectivity index (χ0) is 23.9. The smallest absolute Gasteiger partial charge is 0.410 e. The van der Waals surface area contributed by atoms with Crippen molar-refractivity contribution in [3.05, 3.63) is 42.1 Å². The maximum atomic E-state index is 12.4.